The van der Waals surface area contributed by atoms with Crippen LogP contribution in [0, 0.1) is 0 Å². The topological polar surface area (TPSA) is 12.0 Å². The van der Waals surface area contributed by atoms with Crippen LogP contribution in [0.4, 0.5) is 0 Å². The third kappa shape index (κ3) is 3.51. The lowest BCUT2D eigenvalue weighted by molar-refractivity contribution is 0.495. The second-order valence-electron chi connectivity index (χ2n) is 3.66. The lowest BCUT2D eigenvalue weighted by atomic mass is 10.0. The summed E-state index contributed by atoms with van der Waals surface area (Å²) in [5, 5.41) is 3.53. The summed E-state index contributed by atoms with van der Waals surface area (Å²) in [4.78, 5) is 0. The van der Waals surface area contributed by atoms with Gasteiger partial charge < -0.3 is 5.32 Å². The maximum Gasteiger partial charge on any atom is 0.0320 e. The quantitative estimate of drug-likeness (QED) is 0.725. The highest BCUT2D eigenvalue weighted by molar-refractivity contribution is 5.18. The SMILES string of the molecule is CCCCC(NCC)c1ccccc1. The van der Waals surface area contributed by atoms with E-state index in [4.69, 9.17) is 0 Å². The Balaban J connectivity index is 2.58. The van der Waals surface area contributed by atoms with E-state index in [1.54, 1.807) is 0 Å². The second-order valence-corrected chi connectivity index (χ2v) is 3.66. The van der Waals surface area contributed by atoms with Gasteiger partial charge in [0, 0.05) is 6.04 Å². The standard InChI is InChI=1S/C13H21N/c1-3-5-11-13(14-4-2)12-9-7-6-8-10-12/h6-10,13-14H,3-5,11H2,1-2H3. The molecule has 0 fully saturated rings. The third-order valence-corrected chi connectivity index (χ3v) is 2.50. The van der Waals surface area contributed by atoms with Gasteiger partial charge >= 0.3 is 0 Å². The zero-order valence-electron chi connectivity index (χ0n) is 9.29. The van der Waals surface area contributed by atoms with Gasteiger partial charge in [-0.15, -0.1) is 0 Å². The fraction of sp³-hybridized carbons (Fsp3) is 0.538. The van der Waals surface area contributed by atoms with Crippen LogP contribution >= 0.6 is 0 Å². The predicted octanol–water partition coefficient (Wildman–Crippen LogP) is 3.53. The minimum atomic E-state index is 0.543. The average Bonchev–Trinajstić information content (AvgIpc) is 2.25. The van der Waals surface area contributed by atoms with Crippen molar-refractivity contribution in [3.05, 3.63) is 35.9 Å². The monoisotopic (exact) mass is 191 g/mol. The Hall–Kier alpha value is -0.820. The fourth-order valence-electron chi connectivity index (χ4n) is 1.73. The zero-order valence-corrected chi connectivity index (χ0v) is 9.29. The second kappa shape index (κ2) is 6.61. The molecule has 0 saturated carbocycles. The summed E-state index contributed by atoms with van der Waals surface area (Å²) < 4.78 is 0. The molecule has 0 amide bonds. The Bertz CT molecular complexity index is 230. The van der Waals surface area contributed by atoms with Gasteiger partial charge in [-0.2, -0.15) is 0 Å². The molecule has 1 unspecified atom stereocenters. The van der Waals surface area contributed by atoms with Crippen molar-refractivity contribution >= 4 is 0 Å². The molecule has 78 valence electrons. The minimum Gasteiger partial charge on any atom is -0.310 e. The van der Waals surface area contributed by atoms with Gasteiger partial charge in [-0.3, -0.25) is 0 Å². The van der Waals surface area contributed by atoms with E-state index in [-0.39, 0.29) is 0 Å². The van der Waals surface area contributed by atoms with Gasteiger partial charge in [-0.05, 0) is 18.5 Å². The van der Waals surface area contributed by atoms with E-state index >= 15 is 0 Å². The van der Waals surface area contributed by atoms with E-state index < -0.39 is 0 Å². The van der Waals surface area contributed by atoms with E-state index in [2.05, 4.69) is 49.5 Å². The molecule has 0 saturated heterocycles. The Kier molecular flexibility index (Phi) is 5.31. The molecule has 0 spiro atoms. The molecule has 1 atom stereocenters. The van der Waals surface area contributed by atoms with E-state index in [1.807, 2.05) is 0 Å². The molecule has 1 N–H and O–H groups in total. The Morgan fingerprint density at radius 2 is 1.86 bits per heavy atom. The van der Waals surface area contributed by atoms with Crippen molar-refractivity contribution in [3.63, 3.8) is 0 Å². The Morgan fingerprint density at radius 3 is 2.43 bits per heavy atom. The van der Waals surface area contributed by atoms with Crippen molar-refractivity contribution in [2.24, 2.45) is 0 Å². The maximum absolute atomic E-state index is 3.53. The smallest absolute Gasteiger partial charge is 0.0320 e. The van der Waals surface area contributed by atoms with Crippen LogP contribution in [0.5, 0.6) is 0 Å². The summed E-state index contributed by atoms with van der Waals surface area (Å²) in [6.07, 6.45) is 3.82. The number of hydrogen-bond donors (Lipinski definition) is 1. The lowest BCUT2D eigenvalue weighted by Gasteiger charge is -2.17. The molecule has 1 aromatic rings. The molecule has 1 rings (SSSR count). The largest absolute Gasteiger partial charge is 0.310 e. The van der Waals surface area contributed by atoms with Crippen LogP contribution in [-0.2, 0) is 0 Å². The summed E-state index contributed by atoms with van der Waals surface area (Å²) >= 11 is 0. The van der Waals surface area contributed by atoms with Crippen LogP contribution in [0.15, 0.2) is 30.3 Å². The first-order valence-corrected chi connectivity index (χ1v) is 5.66. The van der Waals surface area contributed by atoms with Gasteiger partial charge in [-0.25, -0.2) is 0 Å². The van der Waals surface area contributed by atoms with E-state index in [9.17, 15) is 0 Å². The molecule has 0 aromatic heterocycles. The van der Waals surface area contributed by atoms with Crippen LogP contribution in [0.1, 0.15) is 44.7 Å². The highest BCUT2D eigenvalue weighted by Gasteiger charge is 2.07. The average molecular weight is 191 g/mol. The summed E-state index contributed by atoms with van der Waals surface area (Å²) in [6.45, 7) is 5.46. The van der Waals surface area contributed by atoms with Crippen LogP contribution in [0.2, 0.25) is 0 Å². The van der Waals surface area contributed by atoms with Crippen molar-refractivity contribution in [3.8, 4) is 0 Å². The van der Waals surface area contributed by atoms with E-state index in [0.717, 1.165) is 6.54 Å². The zero-order chi connectivity index (χ0) is 10.2. The van der Waals surface area contributed by atoms with E-state index in [0.29, 0.717) is 6.04 Å². The van der Waals surface area contributed by atoms with Crippen LogP contribution in [-0.4, -0.2) is 6.54 Å². The first kappa shape index (κ1) is 11.3. The molecule has 1 aromatic carbocycles. The molecule has 14 heavy (non-hydrogen) atoms. The highest BCUT2D eigenvalue weighted by atomic mass is 14.9. The summed E-state index contributed by atoms with van der Waals surface area (Å²) in [5.41, 5.74) is 1.42. The first-order chi connectivity index (χ1) is 6.88. The first-order valence-electron chi connectivity index (χ1n) is 5.66. The van der Waals surface area contributed by atoms with Gasteiger partial charge in [0.2, 0.25) is 0 Å². The van der Waals surface area contributed by atoms with Crippen LogP contribution in [0.3, 0.4) is 0 Å². The highest BCUT2D eigenvalue weighted by Crippen LogP contribution is 2.18. The molecule has 0 aliphatic heterocycles. The number of nitrogens with one attached hydrogen (secondary N) is 1. The van der Waals surface area contributed by atoms with Gasteiger partial charge in [0.1, 0.15) is 0 Å². The molecule has 0 aliphatic carbocycles. The number of rotatable bonds is 6. The molecular formula is C13H21N. The van der Waals surface area contributed by atoms with E-state index in [1.165, 1.54) is 24.8 Å². The van der Waals surface area contributed by atoms with Crippen LogP contribution < -0.4 is 5.32 Å². The maximum atomic E-state index is 3.53. The van der Waals surface area contributed by atoms with Gasteiger partial charge in [0.15, 0.2) is 0 Å². The van der Waals surface area contributed by atoms with Crippen molar-refractivity contribution in [1.29, 1.82) is 0 Å². The summed E-state index contributed by atoms with van der Waals surface area (Å²) in [5.74, 6) is 0. The van der Waals surface area contributed by atoms with Gasteiger partial charge in [0.25, 0.3) is 0 Å². The third-order valence-electron chi connectivity index (χ3n) is 2.50. The molecule has 0 bridgehead atoms. The van der Waals surface area contributed by atoms with Gasteiger partial charge in [-0.1, -0.05) is 57.0 Å². The summed E-state index contributed by atoms with van der Waals surface area (Å²) in [7, 11) is 0. The predicted molar refractivity (Wildman–Crippen MR) is 62.4 cm³/mol. The summed E-state index contributed by atoms with van der Waals surface area (Å²) in [6, 6.07) is 11.3. The number of hydrogen-bond acceptors (Lipinski definition) is 1. The molecule has 0 aliphatic rings. The van der Waals surface area contributed by atoms with Crippen molar-refractivity contribution in [2.45, 2.75) is 39.2 Å². The van der Waals surface area contributed by atoms with Crippen molar-refractivity contribution < 1.29 is 0 Å². The number of benzene rings is 1. The van der Waals surface area contributed by atoms with Crippen molar-refractivity contribution in [1.82, 2.24) is 5.32 Å². The lowest BCUT2D eigenvalue weighted by Crippen LogP contribution is -2.20. The normalized spacial score (nSPS) is 12.7. The molecule has 0 radical (unpaired) electrons. The Morgan fingerprint density at radius 1 is 1.14 bits per heavy atom. The fourth-order valence-corrected chi connectivity index (χ4v) is 1.73. The number of unbranched alkanes of at least 4 members (excludes halogenated alkanes) is 1. The molecular weight excluding hydrogens is 170 g/mol. The van der Waals surface area contributed by atoms with Crippen molar-refractivity contribution in [2.75, 3.05) is 6.54 Å². The molecule has 0 heterocycles. The minimum absolute atomic E-state index is 0.543. The van der Waals surface area contributed by atoms with Gasteiger partial charge in [0.05, 0.1) is 0 Å². The molecule has 1 heteroatoms. The Labute approximate surface area is 87.5 Å². The molecule has 1 nitrogen and oxygen atoms in total. The van der Waals surface area contributed by atoms with Crippen LogP contribution in [0.25, 0.3) is 0 Å².